The average molecular weight is 275 g/mol. The van der Waals surface area contributed by atoms with E-state index >= 15 is 0 Å². The Labute approximate surface area is 98.0 Å². The van der Waals surface area contributed by atoms with E-state index in [0.717, 1.165) is 24.8 Å². The summed E-state index contributed by atoms with van der Waals surface area (Å²) >= 11 is 3.15. The van der Waals surface area contributed by atoms with Crippen molar-refractivity contribution in [1.82, 2.24) is 0 Å². The highest BCUT2D eigenvalue weighted by Gasteiger charge is 2.07. The van der Waals surface area contributed by atoms with Gasteiger partial charge in [0.15, 0.2) is 0 Å². The van der Waals surface area contributed by atoms with Crippen LogP contribution in [0.25, 0.3) is 0 Å². The third-order valence-corrected chi connectivity index (χ3v) is 2.95. The van der Waals surface area contributed by atoms with Crippen LogP contribution in [0, 0.1) is 5.82 Å². The fourth-order valence-corrected chi connectivity index (χ4v) is 1.81. The number of nitrogens with two attached hydrogens (primary N) is 2. The highest BCUT2D eigenvalue weighted by atomic mass is 79.9. The van der Waals surface area contributed by atoms with Gasteiger partial charge in [-0.25, -0.2) is 4.39 Å². The lowest BCUT2D eigenvalue weighted by molar-refractivity contribution is 0.585. The normalized spacial score (nSPS) is 12.8. The summed E-state index contributed by atoms with van der Waals surface area (Å²) in [5.41, 5.74) is 12.3. The van der Waals surface area contributed by atoms with E-state index in [2.05, 4.69) is 15.9 Å². The molecule has 4 heteroatoms. The molecule has 0 aliphatic heterocycles. The molecular formula is C11H16BrFN2. The lowest BCUT2D eigenvalue weighted by atomic mass is 10.0. The van der Waals surface area contributed by atoms with Gasteiger partial charge in [-0.15, -0.1) is 0 Å². The van der Waals surface area contributed by atoms with Crippen LogP contribution < -0.4 is 11.5 Å². The molecule has 4 N–H and O–H groups in total. The van der Waals surface area contributed by atoms with Crippen LogP contribution in [0.5, 0.6) is 0 Å². The predicted octanol–water partition coefficient (Wildman–Crippen LogP) is 2.72. The van der Waals surface area contributed by atoms with Gasteiger partial charge in [0.2, 0.25) is 0 Å². The van der Waals surface area contributed by atoms with Gasteiger partial charge in [0.25, 0.3) is 0 Å². The van der Waals surface area contributed by atoms with Gasteiger partial charge >= 0.3 is 0 Å². The Morgan fingerprint density at radius 2 is 2.07 bits per heavy atom. The summed E-state index contributed by atoms with van der Waals surface area (Å²) in [4.78, 5) is 0. The van der Waals surface area contributed by atoms with Crippen LogP contribution in [0.2, 0.25) is 0 Å². The summed E-state index contributed by atoms with van der Waals surface area (Å²) in [6.07, 6.45) is 2.87. The molecule has 1 aromatic carbocycles. The SMILES string of the molecule is NCCCC[C@H](N)c1ccc(F)c(Br)c1. The van der Waals surface area contributed by atoms with Crippen LogP contribution in [-0.2, 0) is 0 Å². The second-order valence-corrected chi connectivity index (χ2v) is 4.42. The molecule has 1 rings (SSSR count). The molecule has 0 saturated heterocycles. The molecule has 0 saturated carbocycles. The second-order valence-electron chi connectivity index (χ2n) is 3.56. The van der Waals surface area contributed by atoms with Gasteiger partial charge in [-0.05, 0) is 53.0 Å². The van der Waals surface area contributed by atoms with E-state index in [1.54, 1.807) is 12.1 Å². The Kier molecular flexibility index (Phi) is 5.22. The van der Waals surface area contributed by atoms with Gasteiger partial charge in [-0.2, -0.15) is 0 Å². The number of hydrogen-bond acceptors (Lipinski definition) is 2. The molecule has 0 unspecified atom stereocenters. The van der Waals surface area contributed by atoms with Crippen molar-refractivity contribution >= 4 is 15.9 Å². The molecule has 0 radical (unpaired) electrons. The lowest BCUT2D eigenvalue weighted by Crippen LogP contribution is -2.11. The minimum Gasteiger partial charge on any atom is -0.330 e. The number of rotatable bonds is 5. The van der Waals surface area contributed by atoms with Gasteiger partial charge in [0.05, 0.1) is 4.47 Å². The molecule has 0 fully saturated rings. The molecule has 2 nitrogen and oxygen atoms in total. The van der Waals surface area contributed by atoms with Crippen molar-refractivity contribution in [2.45, 2.75) is 25.3 Å². The number of hydrogen-bond donors (Lipinski definition) is 2. The van der Waals surface area contributed by atoms with Crippen LogP contribution in [0.3, 0.4) is 0 Å². The maximum absolute atomic E-state index is 13.0. The molecule has 0 aromatic heterocycles. The van der Waals surface area contributed by atoms with Gasteiger partial charge in [-0.3, -0.25) is 0 Å². The zero-order valence-electron chi connectivity index (χ0n) is 8.55. The summed E-state index contributed by atoms with van der Waals surface area (Å²) in [6.45, 7) is 0.694. The van der Waals surface area contributed by atoms with E-state index in [4.69, 9.17) is 11.5 Å². The first-order chi connectivity index (χ1) is 7.15. The summed E-state index contributed by atoms with van der Waals surface area (Å²) in [6, 6.07) is 4.87. The standard InChI is InChI=1S/C11H16BrFN2/c12-9-7-8(4-5-10(9)13)11(15)3-1-2-6-14/h4-5,7,11H,1-3,6,14-15H2/t11-/m0/s1. The van der Waals surface area contributed by atoms with Gasteiger partial charge in [0, 0.05) is 6.04 Å². The Morgan fingerprint density at radius 3 is 2.67 bits per heavy atom. The summed E-state index contributed by atoms with van der Waals surface area (Å²) in [5, 5.41) is 0. The van der Waals surface area contributed by atoms with Crippen molar-refractivity contribution in [3.05, 3.63) is 34.1 Å². The molecular weight excluding hydrogens is 259 g/mol. The Morgan fingerprint density at radius 1 is 1.33 bits per heavy atom. The molecule has 0 aliphatic carbocycles. The molecule has 1 aromatic rings. The molecule has 15 heavy (non-hydrogen) atoms. The number of halogens is 2. The zero-order chi connectivity index (χ0) is 11.3. The second kappa shape index (κ2) is 6.20. The average Bonchev–Trinajstić information content (AvgIpc) is 2.22. The summed E-state index contributed by atoms with van der Waals surface area (Å²) < 4.78 is 13.4. The quantitative estimate of drug-likeness (QED) is 0.812. The van der Waals surface area contributed by atoms with E-state index in [9.17, 15) is 4.39 Å². The highest BCUT2D eigenvalue weighted by Crippen LogP contribution is 2.22. The third kappa shape index (κ3) is 3.89. The molecule has 1 atom stereocenters. The third-order valence-electron chi connectivity index (χ3n) is 2.34. The van der Waals surface area contributed by atoms with Gasteiger partial charge in [0.1, 0.15) is 5.82 Å². The van der Waals surface area contributed by atoms with E-state index < -0.39 is 0 Å². The van der Waals surface area contributed by atoms with Crippen LogP contribution >= 0.6 is 15.9 Å². The smallest absolute Gasteiger partial charge is 0.137 e. The fourth-order valence-electron chi connectivity index (χ4n) is 1.42. The van der Waals surface area contributed by atoms with Crippen LogP contribution in [0.4, 0.5) is 4.39 Å². The van der Waals surface area contributed by atoms with Crippen LogP contribution in [-0.4, -0.2) is 6.54 Å². The monoisotopic (exact) mass is 274 g/mol. The van der Waals surface area contributed by atoms with E-state index in [1.807, 2.05) is 0 Å². The minimum absolute atomic E-state index is 0.0338. The van der Waals surface area contributed by atoms with E-state index in [1.165, 1.54) is 6.07 Å². The Balaban J connectivity index is 2.57. The summed E-state index contributed by atoms with van der Waals surface area (Å²) in [5.74, 6) is -0.257. The molecule has 0 bridgehead atoms. The fraction of sp³-hybridized carbons (Fsp3) is 0.455. The lowest BCUT2D eigenvalue weighted by Gasteiger charge is -2.12. The van der Waals surface area contributed by atoms with Crippen molar-refractivity contribution in [1.29, 1.82) is 0 Å². The van der Waals surface area contributed by atoms with Gasteiger partial charge < -0.3 is 11.5 Å². The minimum atomic E-state index is -0.257. The first kappa shape index (κ1) is 12.6. The Hall–Kier alpha value is -0.450. The molecule has 0 heterocycles. The zero-order valence-corrected chi connectivity index (χ0v) is 10.1. The van der Waals surface area contributed by atoms with Crippen LogP contribution in [0.15, 0.2) is 22.7 Å². The predicted molar refractivity (Wildman–Crippen MR) is 63.9 cm³/mol. The maximum Gasteiger partial charge on any atom is 0.137 e. The Bertz CT molecular complexity index is 317. The van der Waals surface area contributed by atoms with E-state index in [0.29, 0.717) is 11.0 Å². The van der Waals surface area contributed by atoms with Crippen molar-refractivity contribution in [2.24, 2.45) is 11.5 Å². The number of benzene rings is 1. The van der Waals surface area contributed by atoms with Crippen molar-refractivity contribution < 1.29 is 4.39 Å². The first-order valence-corrected chi connectivity index (χ1v) is 5.85. The van der Waals surface area contributed by atoms with Crippen molar-refractivity contribution in [3.63, 3.8) is 0 Å². The molecule has 84 valence electrons. The maximum atomic E-state index is 13.0. The topological polar surface area (TPSA) is 52.0 Å². The van der Waals surface area contributed by atoms with E-state index in [-0.39, 0.29) is 11.9 Å². The van der Waals surface area contributed by atoms with Crippen molar-refractivity contribution in [2.75, 3.05) is 6.54 Å². The number of unbranched alkanes of at least 4 members (excludes halogenated alkanes) is 1. The van der Waals surface area contributed by atoms with Crippen LogP contribution in [0.1, 0.15) is 30.9 Å². The molecule has 0 aliphatic rings. The molecule has 0 amide bonds. The summed E-state index contributed by atoms with van der Waals surface area (Å²) in [7, 11) is 0. The highest BCUT2D eigenvalue weighted by molar-refractivity contribution is 9.10. The van der Waals surface area contributed by atoms with Gasteiger partial charge in [-0.1, -0.05) is 12.5 Å². The van der Waals surface area contributed by atoms with Crippen molar-refractivity contribution in [3.8, 4) is 0 Å². The first-order valence-electron chi connectivity index (χ1n) is 5.05. The molecule has 0 spiro atoms. The largest absolute Gasteiger partial charge is 0.330 e.